The lowest BCUT2D eigenvalue weighted by molar-refractivity contribution is 0.532. The van der Waals surface area contributed by atoms with Crippen molar-refractivity contribution in [3.63, 3.8) is 0 Å². The molecule has 0 saturated heterocycles. The monoisotopic (exact) mass is 293 g/mol. The van der Waals surface area contributed by atoms with Gasteiger partial charge >= 0.3 is 0 Å². The highest BCUT2D eigenvalue weighted by Crippen LogP contribution is 2.25. The van der Waals surface area contributed by atoms with E-state index in [1.165, 1.54) is 11.1 Å². The fourth-order valence-corrected chi connectivity index (χ4v) is 3.12. The van der Waals surface area contributed by atoms with Gasteiger partial charge in [0, 0.05) is 6.04 Å². The van der Waals surface area contributed by atoms with Gasteiger partial charge in [0.15, 0.2) is 0 Å². The van der Waals surface area contributed by atoms with Crippen LogP contribution in [0.2, 0.25) is 4.34 Å². The second kappa shape index (κ2) is 7.09. The van der Waals surface area contributed by atoms with Crippen molar-refractivity contribution in [2.75, 3.05) is 6.54 Å². The number of rotatable bonds is 6. The van der Waals surface area contributed by atoms with E-state index in [0.29, 0.717) is 12.0 Å². The summed E-state index contributed by atoms with van der Waals surface area (Å²) in [5.74, 6) is 0.590. The SMILES string of the molecule is CC(CCNC(C)c1csc(Cl)c1)c1ccccc1. The number of nitrogens with one attached hydrogen (secondary N) is 1. The Hall–Kier alpha value is -0.830. The molecule has 1 heterocycles. The van der Waals surface area contributed by atoms with Crippen molar-refractivity contribution in [2.45, 2.75) is 32.2 Å². The van der Waals surface area contributed by atoms with Crippen LogP contribution in [0.15, 0.2) is 41.8 Å². The highest BCUT2D eigenvalue weighted by Gasteiger charge is 2.09. The van der Waals surface area contributed by atoms with Gasteiger partial charge in [0.05, 0.1) is 4.34 Å². The van der Waals surface area contributed by atoms with Crippen LogP contribution in [0.3, 0.4) is 0 Å². The second-order valence-electron chi connectivity index (χ2n) is 4.96. The smallest absolute Gasteiger partial charge is 0.0931 e. The highest BCUT2D eigenvalue weighted by atomic mass is 35.5. The van der Waals surface area contributed by atoms with Crippen molar-refractivity contribution in [2.24, 2.45) is 0 Å². The summed E-state index contributed by atoms with van der Waals surface area (Å²) >= 11 is 7.55. The molecule has 2 rings (SSSR count). The molecule has 0 aliphatic rings. The van der Waals surface area contributed by atoms with Gasteiger partial charge in [0.1, 0.15) is 0 Å². The molecule has 1 N–H and O–H groups in total. The van der Waals surface area contributed by atoms with E-state index in [0.717, 1.165) is 17.3 Å². The van der Waals surface area contributed by atoms with Crippen LogP contribution in [-0.2, 0) is 0 Å². The van der Waals surface area contributed by atoms with Gasteiger partial charge in [-0.3, -0.25) is 0 Å². The van der Waals surface area contributed by atoms with Crippen LogP contribution in [0, 0.1) is 0 Å². The third-order valence-electron chi connectivity index (χ3n) is 3.48. The van der Waals surface area contributed by atoms with Crippen LogP contribution in [0.5, 0.6) is 0 Å². The third-order valence-corrected chi connectivity index (χ3v) is 4.59. The van der Waals surface area contributed by atoms with E-state index in [-0.39, 0.29) is 0 Å². The van der Waals surface area contributed by atoms with Gasteiger partial charge in [-0.1, -0.05) is 48.9 Å². The lowest BCUT2D eigenvalue weighted by atomic mass is 9.98. The minimum Gasteiger partial charge on any atom is -0.310 e. The van der Waals surface area contributed by atoms with Crippen LogP contribution in [0.4, 0.5) is 0 Å². The first-order valence-corrected chi connectivity index (χ1v) is 7.95. The largest absolute Gasteiger partial charge is 0.310 e. The average Bonchev–Trinajstić information content (AvgIpc) is 2.86. The molecule has 1 aromatic heterocycles. The second-order valence-corrected chi connectivity index (χ2v) is 6.50. The molecule has 0 saturated carbocycles. The molecule has 0 fully saturated rings. The van der Waals surface area contributed by atoms with E-state index in [2.05, 4.69) is 54.9 Å². The fraction of sp³-hybridized carbons (Fsp3) is 0.375. The molecule has 19 heavy (non-hydrogen) atoms. The van der Waals surface area contributed by atoms with Gasteiger partial charge in [-0.2, -0.15) is 0 Å². The Morgan fingerprint density at radius 1 is 1.16 bits per heavy atom. The predicted molar refractivity (Wildman–Crippen MR) is 85.2 cm³/mol. The normalized spacial score (nSPS) is 14.3. The maximum Gasteiger partial charge on any atom is 0.0931 e. The van der Waals surface area contributed by atoms with Crippen molar-refractivity contribution in [3.05, 3.63) is 57.2 Å². The van der Waals surface area contributed by atoms with Crippen molar-refractivity contribution in [1.82, 2.24) is 5.32 Å². The summed E-state index contributed by atoms with van der Waals surface area (Å²) in [6.45, 7) is 5.49. The number of benzene rings is 1. The highest BCUT2D eigenvalue weighted by molar-refractivity contribution is 7.14. The molecule has 2 unspecified atom stereocenters. The van der Waals surface area contributed by atoms with Gasteiger partial charge in [-0.15, -0.1) is 11.3 Å². The molecule has 0 spiro atoms. The topological polar surface area (TPSA) is 12.0 Å². The Labute approximate surface area is 124 Å². The molecular weight excluding hydrogens is 274 g/mol. The molecule has 1 nitrogen and oxygen atoms in total. The summed E-state index contributed by atoms with van der Waals surface area (Å²) in [5.41, 5.74) is 2.69. The van der Waals surface area contributed by atoms with E-state index < -0.39 is 0 Å². The average molecular weight is 294 g/mol. The third kappa shape index (κ3) is 4.34. The molecule has 102 valence electrons. The van der Waals surface area contributed by atoms with E-state index >= 15 is 0 Å². The van der Waals surface area contributed by atoms with Crippen LogP contribution in [0.1, 0.15) is 43.4 Å². The van der Waals surface area contributed by atoms with Crippen molar-refractivity contribution in [3.8, 4) is 0 Å². The minimum atomic E-state index is 0.367. The Bertz CT molecular complexity index is 494. The number of halogens is 1. The van der Waals surface area contributed by atoms with Gasteiger partial charge in [-0.05, 0) is 48.4 Å². The molecule has 3 heteroatoms. The van der Waals surface area contributed by atoms with Crippen molar-refractivity contribution >= 4 is 22.9 Å². The fourth-order valence-electron chi connectivity index (χ4n) is 2.13. The Balaban J connectivity index is 1.77. The first-order valence-electron chi connectivity index (χ1n) is 6.69. The first-order chi connectivity index (χ1) is 9.16. The maximum atomic E-state index is 5.96. The lowest BCUT2D eigenvalue weighted by Crippen LogP contribution is -2.20. The molecular formula is C16H20ClNS. The summed E-state index contributed by atoms with van der Waals surface area (Å²) in [5, 5.41) is 5.69. The molecule has 1 aromatic carbocycles. The van der Waals surface area contributed by atoms with Crippen LogP contribution < -0.4 is 5.32 Å². The van der Waals surface area contributed by atoms with Gasteiger partial charge in [0.2, 0.25) is 0 Å². The van der Waals surface area contributed by atoms with Gasteiger partial charge in [-0.25, -0.2) is 0 Å². The van der Waals surface area contributed by atoms with E-state index in [4.69, 9.17) is 11.6 Å². The number of thiophene rings is 1. The first kappa shape index (κ1) is 14.6. The minimum absolute atomic E-state index is 0.367. The molecule has 0 aliphatic heterocycles. The zero-order valence-corrected chi connectivity index (χ0v) is 13.0. The van der Waals surface area contributed by atoms with E-state index in [9.17, 15) is 0 Å². The maximum absolute atomic E-state index is 5.96. The summed E-state index contributed by atoms with van der Waals surface area (Å²) < 4.78 is 0.862. The van der Waals surface area contributed by atoms with Crippen molar-refractivity contribution < 1.29 is 0 Å². The zero-order valence-electron chi connectivity index (χ0n) is 11.4. The Kier molecular flexibility index (Phi) is 5.44. The molecule has 0 bridgehead atoms. The van der Waals surface area contributed by atoms with Crippen LogP contribution in [0.25, 0.3) is 0 Å². The van der Waals surface area contributed by atoms with E-state index in [1.54, 1.807) is 11.3 Å². The van der Waals surface area contributed by atoms with Crippen LogP contribution in [-0.4, -0.2) is 6.54 Å². The molecule has 0 amide bonds. The zero-order chi connectivity index (χ0) is 13.7. The quantitative estimate of drug-likeness (QED) is 0.767. The lowest BCUT2D eigenvalue weighted by Gasteiger charge is -2.16. The van der Waals surface area contributed by atoms with Gasteiger partial charge in [0.25, 0.3) is 0 Å². The number of hydrogen-bond acceptors (Lipinski definition) is 2. The van der Waals surface area contributed by atoms with Crippen molar-refractivity contribution in [1.29, 1.82) is 0 Å². The molecule has 0 aliphatic carbocycles. The summed E-state index contributed by atoms with van der Waals surface area (Å²) in [4.78, 5) is 0. The predicted octanol–water partition coefficient (Wildman–Crippen LogP) is 5.25. The summed E-state index contributed by atoms with van der Waals surface area (Å²) in [7, 11) is 0. The molecule has 0 radical (unpaired) electrons. The summed E-state index contributed by atoms with van der Waals surface area (Å²) in [6.07, 6.45) is 1.15. The standard InChI is InChI=1S/C16H20ClNS/c1-12(14-6-4-3-5-7-14)8-9-18-13(2)15-10-16(17)19-11-15/h3-7,10-13,18H,8-9H2,1-2H3. The Morgan fingerprint density at radius 2 is 1.89 bits per heavy atom. The molecule has 2 atom stereocenters. The summed E-state index contributed by atoms with van der Waals surface area (Å²) in [6, 6.07) is 13.1. The Morgan fingerprint density at radius 3 is 2.53 bits per heavy atom. The van der Waals surface area contributed by atoms with Crippen LogP contribution >= 0.6 is 22.9 Å². The molecule has 2 aromatic rings. The van der Waals surface area contributed by atoms with E-state index in [1.807, 2.05) is 6.07 Å². The van der Waals surface area contributed by atoms with Gasteiger partial charge < -0.3 is 5.32 Å². The number of hydrogen-bond donors (Lipinski definition) is 1.